The van der Waals surface area contributed by atoms with Gasteiger partial charge in [0.05, 0.1) is 11.2 Å². The molecule has 0 saturated carbocycles. The standard InChI is InChI=1S/C10H16N2O2S/c1-3-12(5-4-6-13)10(14)9-7-11-8(2)15-9/h7,13H,3-6H2,1-2H3. The molecule has 1 rings (SSSR count). The van der Waals surface area contributed by atoms with Gasteiger partial charge in [-0.15, -0.1) is 11.3 Å². The predicted octanol–water partition coefficient (Wildman–Crippen LogP) is 1.30. The van der Waals surface area contributed by atoms with Gasteiger partial charge < -0.3 is 10.0 Å². The second kappa shape index (κ2) is 5.82. The highest BCUT2D eigenvalue weighted by Gasteiger charge is 2.15. The number of hydrogen-bond acceptors (Lipinski definition) is 4. The average molecular weight is 228 g/mol. The Bertz CT molecular complexity index is 325. The van der Waals surface area contributed by atoms with E-state index in [4.69, 9.17) is 5.11 Å². The predicted molar refractivity (Wildman–Crippen MR) is 60.1 cm³/mol. The molecule has 0 unspecified atom stereocenters. The van der Waals surface area contributed by atoms with E-state index in [1.165, 1.54) is 11.3 Å². The first-order chi connectivity index (χ1) is 7.19. The fourth-order valence-corrected chi connectivity index (χ4v) is 2.03. The normalized spacial score (nSPS) is 10.3. The number of nitrogens with zero attached hydrogens (tertiary/aromatic N) is 2. The lowest BCUT2D eigenvalue weighted by Gasteiger charge is -2.19. The number of amides is 1. The highest BCUT2D eigenvalue weighted by molar-refractivity contribution is 7.13. The van der Waals surface area contributed by atoms with Crippen LogP contribution in [0, 0.1) is 6.92 Å². The van der Waals surface area contributed by atoms with Crippen molar-refractivity contribution in [2.75, 3.05) is 19.7 Å². The van der Waals surface area contributed by atoms with E-state index in [0.717, 1.165) is 5.01 Å². The van der Waals surface area contributed by atoms with Gasteiger partial charge in [0.15, 0.2) is 0 Å². The number of rotatable bonds is 5. The minimum Gasteiger partial charge on any atom is -0.396 e. The van der Waals surface area contributed by atoms with Crippen molar-refractivity contribution >= 4 is 17.2 Å². The minimum absolute atomic E-state index is 0.0107. The van der Waals surface area contributed by atoms with Gasteiger partial charge >= 0.3 is 0 Å². The summed E-state index contributed by atoms with van der Waals surface area (Å²) in [4.78, 5) is 18.4. The lowest BCUT2D eigenvalue weighted by atomic mass is 10.3. The Hall–Kier alpha value is -0.940. The maximum atomic E-state index is 11.9. The fraction of sp³-hybridized carbons (Fsp3) is 0.600. The molecule has 0 atom stereocenters. The number of thiazole rings is 1. The van der Waals surface area contributed by atoms with E-state index in [1.54, 1.807) is 11.1 Å². The third-order valence-electron chi connectivity index (χ3n) is 2.09. The molecule has 4 nitrogen and oxygen atoms in total. The minimum atomic E-state index is 0.0107. The number of hydrogen-bond donors (Lipinski definition) is 1. The Morgan fingerprint density at radius 2 is 2.40 bits per heavy atom. The zero-order valence-electron chi connectivity index (χ0n) is 9.06. The molecule has 0 radical (unpaired) electrons. The largest absolute Gasteiger partial charge is 0.396 e. The third-order valence-corrected chi connectivity index (χ3v) is 2.99. The van der Waals surface area contributed by atoms with E-state index in [-0.39, 0.29) is 12.5 Å². The molecule has 5 heteroatoms. The van der Waals surface area contributed by atoms with Gasteiger partial charge in [0.1, 0.15) is 4.88 Å². The van der Waals surface area contributed by atoms with Gasteiger partial charge in [0, 0.05) is 19.7 Å². The second-order valence-corrected chi connectivity index (χ2v) is 4.44. The molecule has 1 amide bonds. The molecular weight excluding hydrogens is 212 g/mol. The van der Waals surface area contributed by atoms with Crippen molar-refractivity contribution in [1.29, 1.82) is 0 Å². The number of aliphatic hydroxyl groups is 1. The third kappa shape index (κ3) is 3.28. The van der Waals surface area contributed by atoms with Crippen LogP contribution in [0.1, 0.15) is 28.0 Å². The summed E-state index contributed by atoms with van der Waals surface area (Å²) in [6, 6.07) is 0. The molecule has 0 fully saturated rings. The van der Waals surface area contributed by atoms with Gasteiger partial charge in [-0.25, -0.2) is 4.98 Å². The SMILES string of the molecule is CCN(CCCO)C(=O)c1cnc(C)s1. The van der Waals surface area contributed by atoms with Crippen LogP contribution in [0.15, 0.2) is 6.20 Å². The fourth-order valence-electron chi connectivity index (χ4n) is 1.28. The van der Waals surface area contributed by atoms with E-state index in [0.29, 0.717) is 24.4 Å². The highest BCUT2D eigenvalue weighted by Crippen LogP contribution is 2.14. The maximum absolute atomic E-state index is 11.9. The van der Waals surface area contributed by atoms with Gasteiger partial charge in [-0.1, -0.05) is 0 Å². The van der Waals surface area contributed by atoms with E-state index in [9.17, 15) is 4.79 Å². The number of carbonyl (C=O) groups is 1. The van der Waals surface area contributed by atoms with Crippen molar-refractivity contribution in [3.8, 4) is 0 Å². The van der Waals surface area contributed by atoms with Crippen molar-refractivity contribution in [2.45, 2.75) is 20.3 Å². The monoisotopic (exact) mass is 228 g/mol. The quantitative estimate of drug-likeness (QED) is 0.826. The zero-order valence-corrected chi connectivity index (χ0v) is 9.88. The van der Waals surface area contributed by atoms with Crippen LogP contribution in [0.25, 0.3) is 0 Å². The smallest absolute Gasteiger partial charge is 0.265 e. The van der Waals surface area contributed by atoms with Crippen molar-refractivity contribution in [2.24, 2.45) is 0 Å². The van der Waals surface area contributed by atoms with Gasteiger partial charge in [-0.2, -0.15) is 0 Å². The molecule has 1 heterocycles. The molecule has 0 aliphatic rings. The summed E-state index contributed by atoms with van der Waals surface area (Å²) in [6.07, 6.45) is 2.24. The summed E-state index contributed by atoms with van der Waals surface area (Å²) < 4.78 is 0. The van der Waals surface area contributed by atoms with Crippen LogP contribution in [-0.2, 0) is 0 Å². The van der Waals surface area contributed by atoms with Crippen LogP contribution in [0.2, 0.25) is 0 Å². The Labute approximate surface area is 93.6 Å². The second-order valence-electron chi connectivity index (χ2n) is 3.21. The summed E-state index contributed by atoms with van der Waals surface area (Å²) in [7, 11) is 0. The molecule has 0 bridgehead atoms. The van der Waals surface area contributed by atoms with Crippen LogP contribution in [0.4, 0.5) is 0 Å². The number of carbonyl (C=O) groups excluding carboxylic acids is 1. The van der Waals surface area contributed by atoms with Crippen molar-refractivity contribution in [1.82, 2.24) is 9.88 Å². The molecule has 1 aromatic rings. The number of aromatic nitrogens is 1. The van der Waals surface area contributed by atoms with Gasteiger partial charge in [-0.3, -0.25) is 4.79 Å². The molecule has 1 N–H and O–H groups in total. The summed E-state index contributed by atoms with van der Waals surface area (Å²) in [5.74, 6) is 0.0107. The van der Waals surface area contributed by atoms with E-state index >= 15 is 0 Å². The van der Waals surface area contributed by atoms with Crippen LogP contribution >= 0.6 is 11.3 Å². The summed E-state index contributed by atoms with van der Waals surface area (Å²) in [5.41, 5.74) is 0. The lowest BCUT2D eigenvalue weighted by Crippen LogP contribution is -2.31. The summed E-state index contributed by atoms with van der Waals surface area (Å²) >= 11 is 1.41. The van der Waals surface area contributed by atoms with Gasteiger partial charge in [0.2, 0.25) is 0 Å². The van der Waals surface area contributed by atoms with Crippen molar-refractivity contribution in [3.05, 3.63) is 16.1 Å². The topological polar surface area (TPSA) is 53.4 Å². The Morgan fingerprint density at radius 3 is 2.87 bits per heavy atom. The molecule has 84 valence electrons. The molecule has 0 aliphatic carbocycles. The summed E-state index contributed by atoms with van der Waals surface area (Å²) in [5, 5.41) is 9.62. The van der Waals surface area contributed by atoms with Crippen LogP contribution in [0.3, 0.4) is 0 Å². The van der Waals surface area contributed by atoms with E-state index in [2.05, 4.69) is 4.98 Å². The lowest BCUT2D eigenvalue weighted by molar-refractivity contribution is 0.0759. The van der Waals surface area contributed by atoms with Gasteiger partial charge in [0.25, 0.3) is 5.91 Å². The molecule has 0 aliphatic heterocycles. The molecule has 0 saturated heterocycles. The summed E-state index contributed by atoms with van der Waals surface area (Å²) in [6.45, 7) is 5.19. The van der Waals surface area contributed by atoms with E-state index < -0.39 is 0 Å². The molecule has 15 heavy (non-hydrogen) atoms. The number of aryl methyl sites for hydroxylation is 1. The molecule has 1 aromatic heterocycles. The van der Waals surface area contributed by atoms with E-state index in [1.807, 2.05) is 13.8 Å². The van der Waals surface area contributed by atoms with Crippen molar-refractivity contribution in [3.63, 3.8) is 0 Å². The van der Waals surface area contributed by atoms with Crippen LogP contribution < -0.4 is 0 Å². The zero-order chi connectivity index (χ0) is 11.3. The van der Waals surface area contributed by atoms with Crippen LogP contribution in [-0.4, -0.2) is 40.6 Å². The molecule has 0 spiro atoms. The van der Waals surface area contributed by atoms with Crippen molar-refractivity contribution < 1.29 is 9.90 Å². The number of aliphatic hydroxyl groups excluding tert-OH is 1. The molecule has 0 aromatic carbocycles. The Morgan fingerprint density at radius 1 is 1.67 bits per heavy atom. The Kier molecular flexibility index (Phi) is 4.71. The first kappa shape index (κ1) is 12.1. The first-order valence-electron chi connectivity index (χ1n) is 5.01. The van der Waals surface area contributed by atoms with Crippen LogP contribution in [0.5, 0.6) is 0 Å². The maximum Gasteiger partial charge on any atom is 0.265 e. The van der Waals surface area contributed by atoms with Gasteiger partial charge in [-0.05, 0) is 20.3 Å². The average Bonchev–Trinajstić information content (AvgIpc) is 2.65. The first-order valence-corrected chi connectivity index (χ1v) is 5.83. The molecular formula is C10H16N2O2S. The Balaban J connectivity index is 2.64. The highest BCUT2D eigenvalue weighted by atomic mass is 32.1.